The Morgan fingerprint density at radius 1 is 0.885 bits per heavy atom. The molecular formula is C16H22F5O2PS2. The van der Waals surface area contributed by atoms with Crippen LogP contribution in [-0.2, 0) is 26.6 Å². The first-order valence-corrected chi connectivity index (χ1v) is 12.3. The van der Waals surface area contributed by atoms with Crippen molar-refractivity contribution in [2.45, 2.75) is 59.0 Å². The molecule has 0 saturated carbocycles. The highest BCUT2D eigenvalue weighted by Crippen LogP contribution is 2.64. The van der Waals surface area contributed by atoms with Crippen molar-refractivity contribution in [2.75, 3.05) is 0 Å². The van der Waals surface area contributed by atoms with Crippen LogP contribution in [0.25, 0.3) is 0 Å². The van der Waals surface area contributed by atoms with Crippen LogP contribution in [0.5, 0.6) is 0 Å². The Hall–Kier alpha value is -0.210. The van der Waals surface area contributed by atoms with Crippen LogP contribution in [0.4, 0.5) is 22.0 Å². The van der Waals surface area contributed by atoms with Gasteiger partial charge in [0, 0.05) is 11.3 Å². The van der Waals surface area contributed by atoms with Gasteiger partial charge in [0.05, 0.1) is 12.2 Å². The second-order valence-electron chi connectivity index (χ2n) is 6.12. The van der Waals surface area contributed by atoms with Gasteiger partial charge in [-0.2, -0.15) is 0 Å². The topological polar surface area (TPSA) is 18.5 Å². The average Bonchev–Trinajstić information content (AvgIpc) is 2.56. The molecule has 150 valence electrons. The molecule has 1 aromatic carbocycles. The summed E-state index contributed by atoms with van der Waals surface area (Å²) in [6.45, 7) is 9.17. The normalized spacial score (nSPS) is 16.6. The Bertz CT molecular complexity index is 658. The molecule has 0 amide bonds. The molecule has 1 aromatic rings. The number of rotatable bonds is 9. The number of hydrogen-bond donors (Lipinski definition) is 0. The zero-order valence-electron chi connectivity index (χ0n) is 15.1. The quantitative estimate of drug-likeness (QED) is 0.185. The van der Waals surface area contributed by atoms with Gasteiger partial charge in [-0.3, -0.25) is 0 Å². The zero-order chi connectivity index (χ0) is 20.2. The zero-order valence-corrected chi connectivity index (χ0v) is 17.6. The summed E-state index contributed by atoms with van der Waals surface area (Å²) in [4.78, 5) is 0. The van der Waals surface area contributed by atoms with E-state index in [4.69, 9.17) is 20.9 Å². The smallest absolute Gasteiger partial charge is 0.248 e. The van der Waals surface area contributed by atoms with E-state index in [9.17, 15) is 22.0 Å². The van der Waals surface area contributed by atoms with Crippen molar-refractivity contribution < 1.29 is 31.0 Å². The summed E-state index contributed by atoms with van der Waals surface area (Å²) in [5.74, 6) is -10.3. The number of benzene rings is 1. The van der Waals surface area contributed by atoms with Crippen LogP contribution in [0.15, 0.2) is 0 Å². The largest absolute Gasteiger partial charge is 0.319 e. The first kappa shape index (κ1) is 23.8. The fourth-order valence-electron chi connectivity index (χ4n) is 1.90. The summed E-state index contributed by atoms with van der Waals surface area (Å²) < 4.78 is 79.0. The first-order chi connectivity index (χ1) is 11.9. The van der Waals surface area contributed by atoms with E-state index in [1.807, 2.05) is 13.8 Å². The van der Waals surface area contributed by atoms with Crippen LogP contribution >= 0.6 is 17.1 Å². The third-order valence-corrected chi connectivity index (χ3v) is 9.07. The minimum atomic E-state index is -3.07. The Balaban J connectivity index is 3.10. The molecule has 3 atom stereocenters. The highest BCUT2D eigenvalue weighted by molar-refractivity contribution is 8.67. The SMILES string of the molecule is CCC(C)C(C)OP(=S)(OC(C)C)SCc1c(F)c(F)c(F)c(F)c1F. The first-order valence-electron chi connectivity index (χ1n) is 8.05. The van der Waals surface area contributed by atoms with Gasteiger partial charge in [-0.15, -0.1) is 0 Å². The molecular weight excluding hydrogens is 414 g/mol. The van der Waals surface area contributed by atoms with E-state index in [1.54, 1.807) is 20.8 Å². The summed E-state index contributed by atoms with van der Waals surface area (Å²) >= 11 is 6.18. The Morgan fingerprint density at radius 3 is 1.77 bits per heavy atom. The van der Waals surface area contributed by atoms with Crippen molar-refractivity contribution >= 4 is 28.9 Å². The molecule has 0 spiro atoms. The average molecular weight is 436 g/mol. The van der Waals surface area contributed by atoms with Crippen LogP contribution < -0.4 is 0 Å². The van der Waals surface area contributed by atoms with Gasteiger partial charge in [-0.05, 0) is 38.5 Å². The highest BCUT2D eigenvalue weighted by atomic mass is 32.9. The highest BCUT2D eigenvalue weighted by Gasteiger charge is 2.30. The van der Waals surface area contributed by atoms with E-state index in [0.717, 1.165) is 17.8 Å². The van der Waals surface area contributed by atoms with Crippen LogP contribution in [0.3, 0.4) is 0 Å². The van der Waals surface area contributed by atoms with Gasteiger partial charge >= 0.3 is 0 Å². The van der Waals surface area contributed by atoms with E-state index in [0.29, 0.717) is 0 Å². The number of halogens is 5. The molecule has 26 heavy (non-hydrogen) atoms. The second kappa shape index (κ2) is 9.82. The van der Waals surface area contributed by atoms with E-state index in [1.165, 1.54) is 0 Å². The summed E-state index contributed by atoms with van der Waals surface area (Å²) in [5, 5.41) is 0. The van der Waals surface area contributed by atoms with Gasteiger partial charge in [0.2, 0.25) is 11.5 Å². The summed E-state index contributed by atoms with van der Waals surface area (Å²) in [5.41, 5.74) is -4.01. The van der Waals surface area contributed by atoms with Gasteiger partial charge in [0.25, 0.3) is 0 Å². The monoisotopic (exact) mass is 436 g/mol. The fourth-order valence-corrected chi connectivity index (χ4v) is 7.30. The third-order valence-electron chi connectivity index (χ3n) is 3.75. The Kier molecular flexibility index (Phi) is 9.00. The van der Waals surface area contributed by atoms with Crippen molar-refractivity contribution in [1.29, 1.82) is 0 Å². The molecule has 1 rings (SSSR count). The van der Waals surface area contributed by atoms with Gasteiger partial charge in [-0.25, -0.2) is 22.0 Å². The van der Waals surface area contributed by atoms with Crippen LogP contribution in [0.2, 0.25) is 0 Å². The minimum absolute atomic E-state index is 0.155. The molecule has 0 aliphatic rings. The van der Waals surface area contributed by atoms with Crippen molar-refractivity contribution in [3.05, 3.63) is 34.6 Å². The molecule has 3 unspecified atom stereocenters. The molecule has 0 fully saturated rings. The lowest BCUT2D eigenvalue weighted by atomic mass is 10.0. The maximum absolute atomic E-state index is 13.8. The summed E-state index contributed by atoms with van der Waals surface area (Å²) in [6.07, 6.45) is 0.211. The minimum Gasteiger partial charge on any atom is -0.319 e. The molecule has 10 heteroatoms. The molecule has 0 aromatic heterocycles. The standard InChI is InChI=1S/C16H22F5O2PS2/c1-6-9(4)10(5)23-24(25,22-8(2)3)26-7-11-12(17)14(19)16(21)15(20)13(11)18/h8-10H,6-7H2,1-5H3. The van der Waals surface area contributed by atoms with E-state index < -0.39 is 46.1 Å². The van der Waals surface area contributed by atoms with Crippen molar-refractivity contribution in [3.63, 3.8) is 0 Å². The number of hydrogen-bond acceptors (Lipinski definition) is 4. The second-order valence-corrected chi connectivity index (χ2v) is 12.3. The summed E-state index contributed by atoms with van der Waals surface area (Å²) in [6, 6.07) is 0. The lowest BCUT2D eigenvalue weighted by Crippen LogP contribution is -2.17. The Labute approximate surface area is 159 Å². The third kappa shape index (κ3) is 5.89. The van der Waals surface area contributed by atoms with E-state index >= 15 is 0 Å². The van der Waals surface area contributed by atoms with Gasteiger partial charge in [0.1, 0.15) is 0 Å². The maximum atomic E-state index is 13.8. The van der Waals surface area contributed by atoms with E-state index in [2.05, 4.69) is 0 Å². The Morgan fingerprint density at radius 2 is 1.35 bits per heavy atom. The molecule has 2 nitrogen and oxygen atoms in total. The maximum Gasteiger partial charge on any atom is 0.248 e. The predicted molar refractivity (Wildman–Crippen MR) is 98.0 cm³/mol. The fraction of sp³-hybridized carbons (Fsp3) is 0.625. The molecule has 0 aliphatic heterocycles. The molecule has 0 radical (unpaired) electrons. The summed E-state index contributed by atoms with van der Waals surface area (Å²) in [7, 11) is 0. The lowest BCUT2D eigenvalue weighted by molar-refractivity contribution is 0.137. The van der Waals surface area contributed by atoms with Crippen LogP contribution in [0.1, 0.15) is 46.6 Å². The van der Waals surface area contributed by atoms with Gasteiger partial charge in [-0.1, -0.05) is 31.7 Å². The molecule has 0 N–H and O–H groups in total. The molecule has 0 aliphatic carbocycles. The lowest BCUT2D eigenvalue weighted by Gasteiger charge is -2.29. The van der Waals surface area contributed by atoms with Crippen LogP contribution in [0, 0.1) is 35.0 Å². The van der Waals surface area contributed by atoms with E-state index in [-0.39, 0.29) is 18.1 Å². The van der Waals surface area contributed by atoms with Crippen molar-refractivity contribution in [2.24, 2.45) is 5.92 Å². The van der Waals surface area contributed by atoms with Crippen LogP contribution in [-0.4, -0.2) is 12.2 Å². The predicted octanol–water partition coefficient (Wildman–Crippen LogP) is 6.72. The van der Waals surface area contributed by atoms with Gasteiger partial charge in [0.15, 0.2) is 23.3 Å². The van der Waals surface area contributed by atoms with Crippen molar-refractivity contribution in [3.8, 4) is 0 Å². The van der Waals surface area contributed by atoms with Gasteiger partial charge < -0.3 is 9.05 Å². The molecule has 0 heterocycles. The molecule has 0 saturated heterocycles. The molecule has 0 bridgehead atoms. The van der Waals surface area contributed by atoms with Crippen molar-refractivity contribution in [1.82, 2.24) is 0 Å².